The highest BCUT2D eigenvalue weighted by molar-refractivity contribution is 5.32. The van der Waals surface area contributed by atoms with E-state index >= 15 is 0 Å². The Bertz CT molecular complexity index is 297. The van der Waals surface area contributed by atoms with Crippen molar-refractivity contribution in [2.45, 2.75) is 25.8 Å². The Hall–Kier alpha value is -1.16. The van der Waals surface area contributed by atoms with Crippen LogP contribution in [-0.2, 0) is 4.74 Å². The zero-order valence-electron chi connectivity index (χ0n) is 8.36. The molecule has 1 atom stereocenters. The molecule has 0 aromatic carbocycles. The van der Waals surface area contributed by atoms with Crippen molar-refractivity contribution in [1.29, 1.82) is 0 Å². The molecule has 4 nitrogen and oxygen atoms in total. The summed E-state index contributed by atoms with van der Waals surface area (Å²) in [5.74, 6) is 0.848. The molecule has 14 heavy (non-hydrogen) atoms. The molecule has 0 radical (unpaired) electrons. The molecule has 1 aliphatic rings. The van der Waals surface area contributed by atoms with Crippen LogP contribution in [0.1, 0.15) is 18.5 Å². The molecule has 1 unspecified atom stereocenters. The second-order valence-corrected chi connectivity index (χ2v) is 3.60. The zero-order chi connectivity index (χ0) is 9.80. The van der Waals surface area contributed by atoms with E-state index in [1.165, 1.54) is 0 Å². The molecule has 2 heterocycles. The normalized spacial score (nSPS) is 21.9. The average molecular weight is 193 g/mol. The maximum atomic E-state index is 5.37. The van der Waals surface area contributed by atoms with E-state index in [9.17, 15) is 0 Å². The predicted molar refractivity (Wildman–Crippen MR) is 54.2 cm³/mol. The Labute approximate surface area is 83.7 Å². The maximum Gasteiger partial charge on any atom is 0.145 e. The molecule has 0 bridgehead atoms. The second kappa shape index (κ2) is 4.37. The van der Waals surface area contributed by atoms with E-state index < -0.39 is 0 Å². The third-order valence-corrected chi connectivity index (χ3v) is 2.27. The van der Waals surface area contributed by atoms with Crippen LogP contribution in [0.15, 0.2) is 12.4 Å². The van der Waals surface area contributed by atoms with Crippen LogP contribution in [-0.4, -0.2) is 29.2 Å². The Kier molecular flexibility index (Phi) is 2.93. The minimum absolute atomic E-state index is 0.389. The van der Waals surface area contributed by atoms with Gasteiger partial charge in [-0.15, -0.1) is 0 Å². The third kappa shape index (κ3) is 2.42. The van der Waals surface area contributed by atoms with Gasteiger partial charge in [0.1, 0.15) is 5.82 Å². The lowest BCUT2D eigenvalue weighted by atomic mass is 10.1. The van der Waals surface area contributed by atoms with Crippen LogP contribution >= 0.6 is 0 Å². The van der Waals surface area contributed by atoms with Gasteiger partial charge >= 0.3 is 0 Å². The summed E-state index contributed by atoms with van der Waals surface area (Å²) < 4.78 is 5.37. The second-order valence-electron chi connectivity index (χ2n) is 3.60. The van der Waals surface area contributed by atoms with Gasteiger partial charge in [0, 0.05) is 12.8 Å². The van der Waals surface area contributed by atoms with Crippen LogP contribution in [0.5, 0.6) is 0 Å². The molecule has 76 valence electrons. The van der Waals surface area contributed by atoms with Crippen LogP contribution in [0.3, 0.4) is 0 Å². The summed E-state index contributed by atoms with van der Waals surface area (Å²) in [6.45, 7) is 3.60. The van der Waals surface area contributed by atoms with Gasteiger partial charge in [-0.05, 0) is 19.8 Å². The van der Waals surface area contributed by atoms with Crippen molar-refractivity contribution in [3.8, 4) is 0 Å². The van der Waals surface area contributed by atoms with Gasteiger partial charge in [-0.25, -0.2) is 4.98 Å². The number of hydrogen-bond donors (Lipinski definition) is 1. The van der Waals surface area contributed by atoms with Gasteiger partial charge in [0.05, 0.1) is 24.5 Å². The first-order valence-corrected chi connectivity index (χ1v) is 4.97. The summed E-state index contributed by atoms with van der Waals surface area (Å²) in [5.41, 5.74) is 0.937. The van der Waals surface area contributed by atoms with Crippen LogP contribution < -0.4 is 5.32 Å². The monoisotopic (exact) mass is 193 g/mol. The highest BCUT2D eigenvalue weighted by Crippen LogP contribution is 2.11. The van der Waals surface area contributed by atoms with Crippen LogP contribution in [0.4, 0.5) is 5.82 Å². The van der Waals surface area contributed by atoms with E-state index in [4.69, 9.17) is 4.74 Å². The average Bonchev–Trinajstić information content (AvgIpc) is 2.19. The number of hydrogen-bond acceptors (Lipinski definition) is 4. The number of ether oxygens (including phenoxy) is 1. The van der Waals surface area contributed by atoms with E-state index in [0.717, 1.165) is 37.6 Å². The SMILES string of the molecule is Cc1cncc(NC2CCCOC2)n1. The Morgan fingerprint density at radius 1 is 1.50 bits per heavy atom. The topological polar surface area (TPSA) is 47.0 Å². The summed E-state index contributed by atoms with van der Waals surface area (Å²) >= 11 is 0. The Balaban J connectivity index is 1.95. The van der Waals surface area contributed by atoms with Crippen molar-refractivity contribution in [2.24, 2.45) is 0 Å². The van der Waals surface area contributed by atoms with Crippen molar-refractivity contribution in [1.82, 2.24) is 9.97 Å². The maximum absolute atomic E-state index is 5.37. The highest BCUT2D eigenvalue weighted by Gasteiger charge is 2.13. The molecule has 1 fully saturated rings. The summed E-state index contributed by atoms with van der Waals surface area (Å²) in [4.78, 5) is 8.42. The van der Waals surface area contributed by atoms with Gasteiger partial charge in [0.25, 0.3) is 0 Å². The molecule has 4 heteroatoms. The summed E-state index contributed by atoms with van der Waals surface area (Å²) in [7, 11) is 0. The fourth-order valence-corrected chi connectivity index (χ4v) is 1.60. The molecule has 1 aliphatic heterocycles. The van der Waals surface area contributed by atoms with Gasteiger partial charge in [-0.2, -0.15) is 0 Å². The van der Waals surface area contributed by atoms with E-state index in [1.54, 1.807) is 12.4 Å². The Morgan fingerprint density at radius 3 is 3.14 bits per heavy atom. The lowest BCUT2D eigenvalue weighted by Crippen LogP contribution is -2.30. The molecular formula is C10H15N3O. The number of anilines is 1. The highest BCUT2D eigenvalue weighted by atomic mass is 16.5. The van der Waals surface area contributed by atoms with Crippen LogP contribution in [0, 0.1) is 6.92 Å². The molecule has 1 saturated heterocycles. The van der Waals surface area contributed by atoms with Gasteiger partial charge < -0.3 is 10.1 Å². The van der Waals surface area contributed by atoms with E-state index in [1.807, 2.05) is 6.92 Å². The first-order chi connectivity index (χ1) is 6.84. The number of nitrogens with one attached hydrogen (secondary N) is 1. The van der Waals surface area contributed by atoms with Crippen LogP contribution in [0.2, 0.25) is 0 Å². The van der Waals surface area contributed by atoms with Gasteiger partial charge in [-0.1, -0.05) is 0 Å². The molecule has 0 saturated carbocycles. The van der Waals surface area contributed by atoms with Crippen molar-refractivity contribution in [2.75, 3.05) is 18.5 Å². The van der Waals surface area contributed by atoms with Crippen molar-refractivity contribution in [3.63, 3.8) is 0 Å². The first-order valence-electron chi connectivity index (χ1n) is 4.97. The zero-order valence-corrected chi connectivity index (χ0v) is 8.36. The third-order valence-electron chi connectivity index (χ3n) is 2.27. The van der Waals surface area contributed by atoms with Crippen molar-refractivity contribution in [3.05, 3.63) is 18.1 Å². The standard InChI is InChI=1S/C10H15N3O/c1-8-5-11-6-10(12-8)13-9-3-2-4-14-7-9/h5-6,9H,2-4,7H2,1H3,(H,12,13). The minimum Gasteiger partial charge on any atom is -0.379 e. The molecule has 1 aromatic rings. The smallest absolute Gasteiger partial charge is 0.145 e. The quantitative estimate of drug-likeness (QED) is 0.770. The predicted octanol–water partition coefficient (Wildman–Crippen LogP) is 1.38. The number of aromatic nitrogens is 2. The van der Waals surface area contributed by atoms with E-state index in [-0.39, 0.29) is 0 Å². The molecule has 0 spiro atoms. The van der Waals surface area contributed by atoms with E-state index in [0.29, 0.717) is 6.04 Å². The summed E-state index contributed by atoms with van der Waals surface area (Å²) in [6.07, 6.45) is 5.77. The molecule has 1 aromatic heterocycles. The molecule has 2 rings (SSSR count). The van der Waals surface area contributed by atoms with Crippen LogP contribution in [0.25, 0.3) is 0 Å². The van der Waals surface area contributed by atoms with Crippen molar-refractivity contribution >= 4 is 5.82 Å². The first kappa shape index (κ1) is 9.40. The molecular weight excluding hydrogens is 178 g/mol. The molecule has 0 aliphatic carbocycles. The number of aryl methyl sites for hydroxylation is 1. The minimum atomic E-state index is 0.389. The van der Waals surface area contributed by atoms with Gasteiger partial charge in [-0.3, -0.25) is 4.98 Å². The lowest BCUT2D eigenvalue weighted by Gasteiger charge is -2.23. The lowest BCUT2D eigenvalue weighted by molar-refractivity contribution is 0.0875. The number of nitrogens with zero attached hydrogens (tertiary/aromatic N) is 2. The largest absolute Gasteiger partial charge is 0.379 e. The fourth-order valence-electron chi connectivity index (χ4n) is 1.60. The van der Waals surface area contributed by atoms with Gasteiger partial charge in [0.2, 0.25) is 0 Å². The molecule has 0 amide bonds. The van der Waals surface area contributed by atoms with E-state index in [2.05, 4.69) is 15.3 Å². The number of rotatable bonds is 2. The Morgan fingerprint density at radius 2 is 2.43 bits per heavy atom. The van der Waals surface area contributed by atoms with Gasteiger partial charge in [0.15, 0.2) is 0 Å². The molecule has 1 N–H and O–H groups in total. The van der Waals surface area contributed by atoms with Crippen molar-refractivity contribution < 1.29 is 4.74 Å². The summed E-state index contributed by atoms with van der Waals surface area (Å²) in [6, 6.07) is 0.389. The fraction of sp³-hybridized carbons (Fsp3) is 0.600. The summed E-state index contributed by atoms with van der Waals surface area (Å²) in [5, 5.41) is 3.32.